The van der Waals surface area contributed by atoms with Gasteiger partial charge < -0.3 is 29.8 Å². The summed E-state index contributed by atoms with van der Waals surface area (Å²) in [5, 5.41) is 12.7. The Balaban J connectivity index is 0.979. The van der Waals surface area contributed by atoms with Crippen molar-refractivity contribution < 1.29 is 19.4 Å². The van der Waals surface area contributed by atoms with Gasteiger partial charge in [-0.15, -0.1) is 0 Å². The van der Waals surface area contributed by atoms with Gasteiger partial charge in [-0.05, 0) is 77.1 Å². The first kappa shape index (κ1) is 34.7. The number of nitrogens with one attached hydrogen (secondary N) is 2. The lowest BCUT2D eigenvalue weighted by molar-refractivity contribution is -0.253. The maximum Gasteiger partial charge on any atom is 0.326 e. The molecule has 3 atom stereocenters. The number of rotatable bonds is 10. The number of ether oxygens (including phenoxy) is 2. The number of aromatic amines is 1. The maximum atomic E-state index is 12.9. The molecule has 6 aromatic rings. The number of aromatic nitrogens is 2. The molecule has 0 saturated carbocycles. The lowest BCUT2D eigenvalue weighted by Gasteiger charge is -2.40. The van der Waals surface area contributed by atoms with E-state index in [-0.39, 0.29) is 36.5 Å². The standard InChI is InChI=1S/C44H44N4O5/c49-29-30-16-18-32(19-17-30)41-26-38(28-47-22-20-37(21-23-47)48-40-15-5-4-14-39(40)46-44(48)51)52-43(53-41)36-13-7-12-35(25-36)34-11-6-8-31(24-34)27-45-42(50)33-9-2-1-3-10-33/h1-19,24-25,37-38,41,43,49H,20-23,26-29H2,(H,45,50)(H,46,51)/t38-,41+,43+/m0/s1. The number of H-pyrrole nitrogens is 1. The van der Waals surface area contributed by atoms with Crippen molar-refractivity contribution in [3.8, 4) is 11.1 Å². The van der Waals surface area contributed by atoms with Crippen LogP contribution >= 0.6 is 0 Å². The van der Waals surface area contributed by atoms with Crippen LogP contribution in [0.25, 0.3) is 22.2 Å². The van der Waals surface area contributed by atoms with E-state index in [0.29, 0.717) is 18.5 Å². The predicted octanol–water partition coefficient (Wildman–Crippen LogP) is 7.30. The molecular weight excluding hydrogens is 665 g/mol. The zero-order valence-corrected chi connectivity index (χ0v) is 29.6. The second-order valence-corrected chi connectivity index (χ2v) is 14.1. The van der Waals surface area contributed by atoms with E-state index in [1.54, 1.807) is 0 Å². The van der Waals surface area contributed by atoms with Crippen LogP contribution in [0, 0.1) is 0 Å². The Hall–Kier alpha value is -5.32. The molecule has 9 nitrogen and oxygen atoms in total. The summed E-state index contributed by atoms with van der Waals surface area (Å²) in [6.07, 6.45) is 1.63. The molecule has 0 aliphatic carbocycles. The van der Waals surface area contributed by atoms with Gasteiger partial charge in [-0.3, -0.25) is 9.36 Å². The number of amides is 1. The van der Waals surface area contributed by atoms with Crippen LogP contribution in [0.5, 0.6) is 0 Å². The fourth-order valence-electron chi connectivity index (χ4n) is 7.72. The first-order valence-corrected chi connectivity index (χ1v) is 18.5. The fourth-order valence-corrected chi connectivity index (χ4v) is 7.72. The van der Waals surface area contributed by atoms with E-state index in [1.165, 1.54) is 0 Å². The molecule has 3 heterocycles. The highest BCUT2D eigenvalue weighted by Gasteiger charge is 2.34. The SMILES string of the molecule is O=C(NCc1cccc(-c2cccc([C@@H]3O[C@H](CN4CCC(n5c(=O)[nH]c6ccccc65)CC4)C[C@H](c4ccc(CO)cc4)O3)c2)c1)c1ccccc1. The average molecular weight is 709 g/mol. The quantitative estimate of drug-likeness (QED) is 0.138. The van der Waals surface area contributed by atoms with Gasteiger partial charge in [-0.1, -0.05) is 91.0 Å². The van der Waals surface area contributed by atoms with Gasteiger partial charge >= 0.3 is 5.69 Å². The Labute approximate surface area is 308 Å². The average Bonchev–Trinajstić information content (AvgIpc) is 3.56. The summed E-state index contributed by atoms with van der Waals surface area (Å²) >= 11 is 0. The molecule has 1 amide bonds. The molecule has 53 heavy (non-hydrogen) atoms. The lowest BCUT2D eigenvalue weighted by atomic mass is 9.97. The molecule has 0 radical (unpaired) electrons. The van der Waals surface area contributed by atoms with Crippen LogP contribution in [0.15, 0.2) is 132 Å². The summed E-state index contributed by atoms with van der Waals surface area (Å²) in [7, 11) is 0. The van der Waals surface area contributed by atoms with Crippen LogP contribution < -0.4 is 11.0 Å². The number of para-hydroxylation sites is 2. The summed E-state index contributed by atoms with van der Waals surface area (Å²) < 4.78 is 15.4. The minimum atomic E-state index is -0.577. The minimum absolute atomic E-state index is 0.00577. The van der Waals surface area contributed by atoms with Crippen molar-refractivity contribution in [1.82, 2.24) is 19.8 Å². The van der Waals surface area contributed by atoms with E-state index in [0.717, 1.165) is 76.9 Å². The molecule has 2 aliphatic rings. The molecule has 0 unspecified atom stereocenters. The Kier molecular flexibility index (Phi) is 10.3. The van der Waals surface area contributed by atoms with Crippen LogP contribution in [0.1, 0.15) is 70.3 Å². The summed E-state index contributed by atoms with van der Waals surface area (Å²) in [5.74, 6) is -0.103. The van der Waals surface area contributed by atoms with Gasteiger partial charge in [0, 0.05) is 49.8 Å². The molecule has 3 N–H and O–H groups in total. The van der Waals surface area contributed by atoms with Crippen LogP contribution in [0.2, 0.25) is 0 Å². The van der Waals surface area contributed by atoms with Crippen molar-refractivity contribution in [2.45, 2.75) is 57.0 Å². The van der Waals surface area contributed by atoms with Crippen LogP contribution in [-0.4, -0.2) is 51.2 Å². The Morgan fingerprint density at radius 3 is 2.30 bits per heavy atom. The number of benzene rings is 5. The van der Waals surface area contributed by atoms with E-state index >= 15 is 0 Å². The van der Waals surface area contributed by atoms with Gasteiger partial charge in [0.25, 0.3) is 5.91 Å². The number of carbonyl (C=O) groups is 1. The number of hydrogen-bond donors (Lipinski definition) is 3. The van der Waals surface area contributed by atoms with Crippen molar-refractivity contribution in [2.75, 3.05) is 19.6 Å². The van der Waals surface area contributed by atoms with Gasteiger partial charge in [0.05, 0.1) is 29.8 Å². The number of imidazole rings is 1. The van der Waals surface area contributed by atoms with Crippen molar-refractivity contribution in [2.24, 2.45) is 0 Å². The summed E-state index contributed by atoms with van der Waals surface area (Å²) in [6, 6.07) is 41.8. The minimum Gasteiger partial charge on any atom is -0.392 e. The predicted molar refractivity (Wildman–Crippen MR) is 205 cm³/mol. The van der Waals surface area contributed by atoms with E-state index in [2.05, 4.69) is 45.5 Å². The number of aliphatic hydroxyl groups is 1. The van der Waals surface area contributed by atoms with Gasteiger partial charge in [-0.25, -0.2) is 4.79 Å². The zero-order valence-electron chi connectivity index (χ0n) is 29.6. The van der Waals surface area contributed by atoms with E-state index in [4.69, 9.17) is 9.47 Å². The second kappa shape index (κ2) is 15.7. The Bertz CT molecular complexity index is 2220. The highest BCUT2D eigenvalue weighted by Crippen LogP contribution is 2.39. The smallest absolute Gasteiger partial charge is 0.326 e. The summed E-state index contributed by atoms with van der Waals surface area (Å²) in [4.78, 5) is 31.0. The normalized spacial score (nSPS) is 19.7. The van der Waals surface area contributed by atoms with Crippen molar-refractivity contribution in [1.29, 1.82) is 0 Å². The van der Waals surface area contributed by atoms with E-state index in [1.807, 2.05) is 102 Å². The second-order valence-electron chi connectivity index (χ2n) is 14.1. The first-order valence-electron chi connectivity index (χ1n) is 18.5. The third-order valence-electron chi connectivity index (χ3n) is 10.5. The molecule has 0 spiro atoms. The molecule has 2 saturated heterocycles. The van der Waals surface area contributed by atoms with Crippen molar-refractivity contribution >= 4 is 16.9 Å². The number of aliphatic hydroxyl groups excluding tert-OH is 1. The Morgan fingerprint density at radius 1 is 0.774 bits per heavy atom. The third kappa shape index (κ3) is 7.89. The summed E-state index contributed by atoms with van der Waals surface area (Å²) in [5.41, 5.74) is 8.37. The number of likely N-dealkylation sites (tertiary alicyclic amines) is 1. The molecule has 8 rings (SSSR count). The molecule has 5 aromatic carbocycles. The Morgan fingerprint density at radius 2 is 1.51 bits per heavy atom. The fraction of sp³-hybridized carbons (Fsp3) is 0.273. The third-order valence-corrected chi connectivity index (χ3v) is 10.5. The number of fused-ring (bicyclic) bond motifs is 1. The zero-order chi connectivity index (χ0) is 36.1. The topological polar surface area (TPSA) is 109 Å². The molecule has 1 aromatic heterocycles. The molecule has 270 valence electrons. The van der Waals surface area contributed by atoms with Crippen LogP contribution in [0.4, 0.5) is 0 Å². The highest BCUT2D eigenvalue weighted by molar-refractivity contribution is 5.94. The van der Waals surface area contributed by atoms with E-state index in [9.17, 15) is 14.7 Å². The molecule has 0 bridgehead atoms. The maximum absolute atomic E-state index is 12.9. The first-order chi connectivity index (χ1) is 26.0. The molecular formula is C44H44N4O5. The van der Waals surface area contributed by atoms with Crippen LogP contribution in [-0.2, 0) is 22.6 Å². The molecule has 9 heteroatoms. The van der Waals surface area contributed by atoms with Crippen molar-refractivity contribution in [3.63, 3.8) is 0 Å². The van der Waals surface area contributed by atoms with Crippen LogP contribution in [0.3, 0.4) is 0 Å². The van der Waals surface area contributed by atoms with Gasteiger partial charge in [0.1, 0.15) is 0 Å². The number of piperidine rings is 1. The number of carbonyl (C=O) groups excluding carboxylic acids is 1. The molecule has 2 fully saturated rings. The van der Waals surface area contributed by atoms with Gasteiger partial charge in [-0.2, -0.15) is 0 Å². The number of hydrogen-bond acceptors (Lipinski definition) is 6. The molecule has 2 aliphatic heterocycles. The number of nitrogens with zero attached hydrogens (tertiary/aromatic N) is 2. The summed E-state index contributed by atoms with van der Waals surface area (Å²) in [6.45, 7) is 2.92. The van der Waals surface area contributed by atoms with Crippen molar-refractivity contribution in [3.05, 3.63) is 166 Å². The van der Waals surface area contributed by atoms with Gasteiger partial charge in [0.2, 0.25) is 0 Å². The largest absolute Gasteiger partial charge is 0.392 e. The lowest BCUT2D eigenvalue weighted by Crippen LogP contribution is -2.43. The highest BCUT2D eigenvalue weighted by atomic mass is 16.7. The monoisotopic (exact) mass is 708 g/mol. The van der Waals surface area contributed by atoms with E-state index < -0.39 is 6.29 Å². The van der Waals surface area contributed by atoms with Gasteiger partial charge in [0.15, 0.2) is 6.29 Å².